The fraction of sp³-hybridized carbons (Fsp3) is 1.00. The Morgan fingerprint density at radius 3 is 2.55 bits per heavy atom. The molecule has 1 rings (SSSR count). The summed E-state index contributed by atoms with van der Waals surface area (Å²) in [4.78, 5) is 2.09. The van der Waals surface area contributed by atoms with E-state index in [-0.39, 0.29) is 6.10 Å². The van der Waals surface area contributed by atoms with Crippen LogP contribution < -0.4 is 0 Å². The molecule has 0 unspecified atom stereocenters. The minimum absolute atomic E-state index is 0.183. The first-order valence-electron chi connectivity index (χ1n) is 4.10. The lowest BCUT2D eigenvalue weighted by atomic mass is 10.1. The Bertz CT molecular complexity index is 131. The third-order valence-electron chi connectivity index (χ3n) is 1.86. The molecule has 0 aliphatic carbocycles. The van der Waals surface area contributed by atoms with E-state index in [1.807, 2.05) is 0 Å². The van der Waals surface area contributed by atoms with E-state index < -0.39 is 5.60 Å². The lowest BCUT2D eigenvalue weighted by Crippen LogP contribution is -2.37. The molecular formula is C8H17NO2. The summed E-state index contributed by atoms with van der Waals surface area (Å²) < 4.78 is 0. The Labute approximate surface area is 67.6 Å². The first-order chi connectivity index (χ1) is 4.97. The average Bonchev–Trinajstić information content (AvgIpc) is 2.10. The smallest absolute Gasteiger partial charge is 0.0718 e. The molecule has 1 atom stereocenters. The van der Waals surface area contributed by atoms with Crippen LogP contribution in [0.1, 0.15) is 20.3 Å². The average molecular weight is 159 g/mol. The normalized spacial score (nSPS) is 27.8. The maximum absolute atomic E-state index is 9.44. The Morgan fingerprint density at radius 2 is 2.18 bits per heavy atom. The molecule has 11 heavy (non-hydrogen) atoms. The van der Waals surface area contributed by atoms with Crippen molar-refractivity contribution in [3.63, 3.8) is 0 Å². The van der Waals surface area contributed by atoms with Gasteiger partial charge in [0.05, 0.1) is 11.7 Å². The Kier molecular flexibility index (Phi) is 2.52. The van der Waals surface area contributed by atoms with Gasteiger partial charge in [0, 0.05) is 19.6 Å². The van der Waals surface area contributed by atoms with E-state index in [4.69, 9.17) is 0 Å². The Balaban J connectivity index is 2.29. The Morgan fingerprint density at radius 1 is 1.55 bits per heavy atom. The fourth-order valence-electron chi connectivity index (χ4n) is 1.50. The summed E-state index contributed by atoms with van der Waals surface area (Å²) in [6, 6.07) is 0. The number of likely N-dealkylation sites (tertiary alicyclic amines) is 1. The maximum atomic E-state index is 9.44. The van der Waals surface area contributed by atoms with Gasteiger partial charge in [-0.3, -0.25) is 4.90 Å². The zero-order valence-electron chi connectivity index (χ0n) is 7.25. The molecular weight excluding hydrogens is 142 g/mol. The number of aliphatic hydroxyl groups is 2. The molecule has 1 fully saturated rings. The molecule has 0 amide bonds. The molecule has 1 aliphatic rings. The van der Waals surface area contributed by atoms with Gasteiger partial charge in [0.25, 0.3) is 0 Å². The molecule has 0 radical (unpaired) electrons. The van der Waals surface area contributed by atoms with Gasteiger partial charge in [0.2, 0.25) is 0 Å². The fourth-order valence-corrected chi connectivity index (χ4v) is 1.50. The van der Waals surface area contributed by atoms with Gasteiger partial charge in [-0.15, -0.1) is 0 Å². The molecule has 0 aromatic rings. The summed E-state index contributed by atoms with van der Waals surface area (Å²) in [6.07, 6.45) is 0.660. The minimum Gasteiger partial charge on any atom is -0.392 e. The van der Waals surface area contributed by atoms with Gasteiger partial charge in [0.15, 0.2) is 0 Å². The van der Waals surface area contributed by atoms with Crippen molar-refractivity contribution in [2.24, 2.45) is 0 Å². The molecule has 0 bridgehead atoms. The summed E-state index contributed by atoms with van der Waals surface area (Å²) in [5.41, 5.74) is -0.635. The van der Waals surface area contributed by atoms with Gasteiger partial charge < -0.3 is 10.2 Å². The van der Waals surface area contributed by atoms with E-state index in [2.05, 4.69) is 4.90 Å². The third-order valence-corrected chi connectivity index (χ3v) is 1.86. The highest BCUT2D eigenvalue weighted by molar-refractivity contribution is 4.79. The van der Waals surface area contributed by atoms with Gasteiger partial charge in [-0.25, -0.2) is 0 Å². The van der Waals surface area contributed by atoms with Gasteiger partial charge in [0.1, 0.15) is 0 Å². The number of β-amino-alcohol motifs (C(OH)–C–C–N with tert-alkyl or cyclic N) is 2. The van der Waals surface area contributed by atoms with Crippen molar-refractivity contribution < 1.29 is 10.2 Å². The highest BCUT2D eigenvalue weighted by Gasteiger charge is 2.24. The van der Waals surface area contributed by atoms with E-state index in [1.54, 1.807) is 13.8 Å². The Hall–Kier alpha value is -0.120. The van der Waals surface area contributed by atoms with E-state index in [0.29, 0.717) is 13.1 Å². The SMILES string of the molecule is CC(C)(O)CN1CC[C@H](O)C1. The van der Waals surface area contributed by atoms with Crippen LogP contribution in [0.15, 0.2) is 0 Å². The van der Waals surface area contributed by atoms with Crippen molar-refractivity contribution in [2.75, 3.05) is 19.6 Å². The molecule has 3 heteroatoms. The molecule has 0 saturated carbocycles. The number of rotatable bonds is 2. The van der Waals surface area contributed by atoms with Crippen LogP contribution in [0, 0.1) is 0 Å². The van der Waals surface area contributed by atoms with E-state index >= 15 is 0 Å². The van der Waals surface area contributed by atoms with Gasteiger partial charge in [-0.2, -0.15) is 0 Å². The quantitative estimate of drug-likeness (QED) is 0.587. The lowest BCUT2D eigenvalue weighted by molar-refractivity contribution is 0.0398. The number of nitrogens with zero attached hydrogens (tertiary/aromatic N) is 1. The van der Waals surface area contributed by atoms with Crippen LogP contribution in [0.4, 0.5) is 0 Å². The summed E-state index contributed by atoms with van der Waals surface area (Å²) >= 11 is 0. The van der Waals surface area contributed by atoms with Crippen molar-refractivity contribution in [2.45, 2.75) is 32.0 Å². The van der Waals surface area contributed by atoms with Crippen LogP contribution in [0.3, 0.4) is 0 Å². The molecule has 2 N–H and O–H groups in total. The molecule has 1 aliphatic heterocycles. The zero-order chi connectivity index (χ0) is 8.48. The first kappa shape index (κ1) is 8.97. The van der Waals surface area contributed by atoms with Crippen LogP contribution >= 0.6 is 0 Å². The monoisotopic (exact) mass is 159 g/mol. The third kappa shape index (κ3) is 3.18. The van der Waals surface area contributed by atoms with Crippen LogP contribution in [0.5, 0.6) is 0 Å². The van der Waals surface area contributed by atoms with Gasteiger partial charge >= 0.3 is 0 Å². The number of hydrogen-bond donors (Lipinski definition) is 2. The summed E-state index contributed by atoms with van der Waals surface area (Å²) in [5.74, 6) is 0. The summed E-state index contributed by atoms with van der Waals surface area (Å²) in [5, 5.41) is 18.6. The van der Waals surface area contributed by atoms with Crippen LogP contribution in [-0.4, -0.2) is 46.5 Å². The molecule has 3 nitrogen and oxygen atoms in total. The van der Waals surface area contributed by atoms with Crippen molar-refractivity contribution in [3.8, 4) is 0 Å². The summed E-state index contributed by atoms with van der Waals surface area (Å²) in [6.45, 7) is 5.86. The topological polar surface area (TPSA) is 43.7 Å². The second-order valence-corrected chi connectivity index (χ2v) is 3.99. The molecule has 0 spiro atoms. The van der Waals surface area contributed by atoms with Crippen molar-refractivity contribution in [3.05, 3.63) is 0 Å². The number of aliphatic hydroxyl groups excluding tert-OH is 1. The van der Waals surface area contributed by atoms with Crippen molar-refractivity contribution in [1.82, 2.24) is 4.90 Å². The maximum Gasteiger partial charge on any atom is 0.0718 e. The molecule has 0 aromatic carbocycles. The number of hydrogen-bond acceptors (Lipinski definition) is 3. The van der Waals surface area contributed by atoms with Crippen molar-refractivity contribution >= 4 is 0 Å². The van der Waals surface area contributed by atoms with Crippen LogP contribution in [0.25, 0.3) is 0 Å². The minimum atomic E-state index is -0.635. The zero-order valence-corrected chi connectivity index (χ0v) is 7.25. The summed E-state index contributed by atoms with van der Waals surface area (Å²) in [7, 11) is 0. The standard InChI is InChI=1S/C8H17NO2/c1-8(2,11)6-9-4-3-7(10)5-9/h7,10-11H,3-6H2,1-2H3/t7-/m0/s1. The van der Waals surface area contributed by atoms with E-state index in [0.717, 1.165) is 13.0 Å². The predicted molar refractivity (Wildman–Crippen MR) is 43.4 cm³/mol. The van der Waals surface area contributed by atoms with E-state index in [1.165, 1.54) is 0 Å². The van der Waals surface area contributed by atoms with E-state index in [9.17, 15) is 10.2 Å². The highest BCUT2D eigenvalue weighted by atomic mass is 16.3. The largest absolute Gasteiger partial charge is 0.392 e. The predicted octanol–water partition coefficient (Wildman–Crippen LogP) is -0.176. The van der Waals surface area contributed by atoms with Gasteiger partial charge in [-0.05, 0) is 20.3 Å². The molecule has 66 valence electrons. The first-order valence-corrected chi connectivity index (χ1v) is 4.10. The lowest BCUT2D eigenvalue weighted by Gasteiger charge is -2.24. The highest BCUT2D eigenvalue weighted by Crippen LogP contribution is 2.12. The van der Waals surface area contributed by atoms with Crippen molar-refractivity contribution in [1.29, 1.82) is 0 Å². The van der Waals surface area contributed by atoms with Gasteiger partial charge in [-0.1, -0.05) is 0 Å². The second-order valence-electron chi connectivity index (χ2n) is 3.99. The molecule has 1 saturated heterocycles. The van der Waals surface area contributed by atoms with Crippen LogP contribution in [0.2, 0.25) is 0 Å². The molecule has 1 heterocycles. The second kappa shape index (κ2) is 3.09. The molecule has 0 aromatic heterocycles. The van der Waals surface area contributed by atoms with Crippen LogP contribution in [-0.2, 0) is 0 Å².